The maximum atomic E-state index is 13.0. The number of para-hydroxylation sites is 1. The molecule has 0 heterocycles. The first-order valence-corrected chi connectivity index (χ1v) is 7.26. The zero-order chi connectivity index (χ0) is 12.8. The van der Waals surface area contributed by atoms with E-state index >= 15 is 0 Å². The molecule has 0 amide bonds. The normalized spacial score (nSPS) is 14.2. The second-order valence-corrected chi connectivity index (χ2v) is 5.70. The molecule has 0 N–H and O–H groups in total. The van der Waals surface area contributed by atoms with Crippen molar-refractivity contribution in [3.05, 3.63) is 30.3 Å². The van der Waals surface area contributed by atoms with Crippen molar-refractivity contribution in [3.63, 3.8) is 0 Å². The van der Waals surface area contributed by atoms with Crippen LogP contribution in [-0.4, -0.2) is 4.66 Å². The highest BCUT2D eigenvalue weighted by atomic mass is 31.2. The number of hydrogen-bond donors (Lipinski definition) is 0. The number of rotatable bonds is 5. The van der Waals surface area contributed by atoms with Crippen LogP contribution in [0.15, 0.2) is 34.8 Å². The first kappa shape index (κ1) is 14.7. The van der Waals surface area contributed by atoms with E-state index in [0.29, 0.717) is 0 Å². The maximum absolute atomic E-state index is 13.0. The lowest BCUT2D eigenvalue weighted by atomic mass is 10.3. The van der Waals surface area contributed by atoms with Crippen molar-refractivity contribution in [2.24, 2.45) is 4.52 Å². The zero-order valence-corrected chi connectivity index (χ0v) is 10.6. The van der Waals surface area contributed by atoms with Crippen molar-refractivity contribution >= 4 is 25.5 Å². The molecule has 17 heavy (non-hydrogen) atoms. The summed E-state index contributed by atoms with van der Waals surface area (Å²) in [6.45, 7) is 0. The standard InChI is InChI=1S/C6H5F5N2OP3/c7-13(15(8)9)16(10)12-17(11)14-6-4-2-1-3-5-6/h1-5H/q+1. The molecule has 1 aromatic carbocycles. The Balaban J connectivity index is 2.60. The molecule has 0 bridgehead atoms. The number of benzene rings is 1. The first-order valence-electron chi connectivity index (χ1n) is 3.94. The fourth-order valence-corrected chi connectivity index (χ4v) is 2.67. The van der Waals surface area contributed by atoms with E-state index in [1.807, 2.05) is 0 Å². The van der Waals surface area contributed by atoms with Crippen LogP contribution in [-0.2, 0) is 0 Å². The smallest absolute Gasteiger partial charge is 0.425 e. The van der Waals surface area contributed by atoms with E-state index in [2.05, 4.69) is 9.04 Å². The van der Waals surface area contributed by atoms with Crippen LogP contribution >= 0.6 is 25.5 Å². The Labute approximate surface area is 97.2 Å². The van der Waals surface area contributed by atoms with Crippen LogP contribution in [0.5, 0.6) is 5.75 Å². The molecular formula is C6H5F5N2OP3+. The van der Waals surface area contributed by atoms with Crippen LogP contribution in [0.1, 0.15) is 0 Å². The largest absolute Gasteiger partial charge is 0.578 e. The highest BCUT2D eigenvalue weighted by Gasteiger charge is 2.40. The molecule has 0 spiro atoms. The second-order valence-electron chi connectivity index (χ2n) is 2.42. The predicted molar refractivity (Wildman–Crippen MR) is 57.6 cm³/mol. The molecule has 2 unspecified atom stereocenters. The zero-order valence-electron chi connectivity index (χ0n) is 7.92. The van der Waals surface area contributed by atoms with Crippen LogP contribution in [0, 0.1) is 0 Å². The fourth-order valence-electron chi connectivity index (χ4n) is 0.733. The van der Waals surface area contributed by atoms with Crippen LogP contribution < -0.4 is 4.52 Å². The molecule has 0 aliphatic carbocycles. The molecule has 0 radical (unpaired) electrons. The van der Waals surface area contributed by atoms with E-state index in [1.54, 1.807) is 6.07 Å². The van der Waals surface area contributed by atoms with Crippen molar-refractivity contribution in [2.75, 3.05) is 0 Å². The number of nitrogens with zero attached hydrogens (tertiary/aromatic N) is 2. The summed E-state index contributed by atoms with van der Waals surface area (Å²) in [5, 5.41) is 0. The third-order valence-electron chi connectivity index (χ3n) is 1.33. The van der Waals surface area contributed by atoms with Crippen molar-refractivity contribution in [2.45, 2.75) is 0 Å². The van der Waals surface area contributed by atoms with Gasteiger partial charge in [0.25, 0.3) is 0 Å². The van der Waals surface area contributed by atoms with Gasteiger partial charge in [-0.05, 0) is 12.1 Å². The van der Waals surface area contributed by atoms with Crippen molar-refractivity contribution in [1.82, 2.24) is 4.66 Å². The van der Waals surface area contributed by atoms with Crippen molar-refractivity contribution < 1.29 is 25.8 Å². The van der Waals surface area contributed by atoms with Gasteiger partial charge >= 0.3 is 25.5 Å². The van der Waals surface area contributed by atoms with Gasteiger partial charge in [0.15, 0.2) is 4.66 Å². The molecule has 11 heteroatoms. The van der Waals surface area contributed by atoms with Gasteiger partial charge in [-0.3, -0.25) is 0 Å². The average molecular weight is 309 g/mol. The lowest BCUT2D eigenvalue weighted by Crippen LogP contribution is -1.86. The Morgan fingerprint density at radius 2 is 1.76 bits per heavy atom. The molecule has 0 saturated heterocycles. The molecular weight excluding hydrogens is 304 g/mol. The molecule has 0 aromatic heterocycles. The highest BCUT2D eigenvalue weighted by molar-refractivity contribution is 7.61. The van der Waals surface area contributed by atoms with E-state index < -0.39 is 30.1 Å². The Bertz CT molecular complexity index is 381. The van der Waals surface area contributed by atoms with Gasteiger partial charge in [0.05, 0.1) is 8.71 Å². The fraction of sp³-hybridized carbons (Fsp3) is 0. The first-order chi connectivity index (χ1) is 8.00. The average Bonchev–Trinajstić information content (AvgIpc) is 2.28. The Hall–Kier alpha value is -0.410. The quantitative estimate of drug-likeness (QED) is 0.374. The molecule has 2 atom stereocenters. The second kappa shape index (κ2) is 7.12. The van der Waals surface area contributed by atoms with E-state index in [1.165, 1.54) is 24.3 Å². The third kappa shape index (κ3) is 5.17. The van der Waals surface area contributed by atoms with Crippen molar-refractivity contribution in [1.29, 1.82) is 0 Å². The summed E-state index contributed by atoms with van der Waals surface area (Å²) in [5.41, 5.74) is 0. The molecule has 0 fully saturated rings. The van der Waals surface area contributed by atoms with E-state index in [9.17, 15) is 21.3 Å². The van der Waals surface area contributed by atoms with E-state index in [4.69, 9.17) is 0 Å². The molecule has 0 aliphatic heterocycles. The Morgan fingerprint density at radius 1 is 1.18 bits per heavy atom. The van der Waals surface area contributed by atoms with Crippen LogP contribution in [0.2, 0.25) is 0 Å². The summed E-state index contributed by atoms with van der Waals surface area (Å²) in [4.78, 5) is 0. The number of halogens is 5. The summed E-state index contributed by atoms with van der Waals surface area (Å²) < 4.78 is 67.1. The van der Waals surface area contributed by atoms with Crippen LogP contribution in [0.3, 0.4) is 0 Å². The summed E-state index contributed by atoms with van der Waals surface area (Å²) in [7, 11) is -11.2. The van der Waals surface area contributed by atoms with Gasteiger partial charge in [-0.1, -0.05) is 22.7 Å². The predicted octanol–water partition coefficient (Wildman–Crippen LogP) is 6.08. The van der Waals surface area contributed by atoms with Gasteiger partial charge in [0, 0.05) is 0 Å². The highest BCUT2D eigenvalue weighted by Crippen LogP contribution is 2.59. The molecule has 94 valence electrons. The Morgan fingerprint density at radius 3 is 2.29 bits per heavy atom. The van der Waals surface area contributed by atoms with Crippen LogP contribution in [0.25, 0.3) is 0 Å². The van der Waals surface area contributed by atoms with Gasteiger partial charge in [-0.25, -0.2) is 0 Å². The number of hydrogen-bond acceptors (Lipinski definition) is 2. The topological polar surface area (TPSA) is 24.8 Å². The monoisotopic (exact) mass is 309 g/mol. The van der Waals surface area contributed by atoms with Gasteiger partial charge < -0.3 is 4.52 Å². The summed E-state index contributed by atoms with van der Waals surface area (Å²) in [5.74, 6) is 0.0569. The molecule has 0 saturated carbocycles. The molecule has 3 nitrogen and oxygen atoms in total. The molecule has 1 aromatic rings. The van der Waals surface area contributed by atoms with E-state index in [0.717, 1.165) is 0 Å². The Kier molecular flexibility index (Phi) is 6.14. The van der Waals surface area contributed by atoms with Gasteiger partial charge in [-0.2, -0.15) is 12.6 Å². The summed E-state index contributed by atoms with van der Waals surface area (Å²) in [6.07, 6.45) is 0. The third-order valence-corrected chi connectivity index (χ3v) is 4.21. The van der Waals surface area contributed by atoms with Gasteiger partial charge in [-0.15, -0.1) is 0 Å². The van der Waals surface area contributed by atoms with E-state index in [-0.39, 0.29) is 5.75 Å². The molecule has 0 aliphatic rings. The van der Waals surface area contributed by atoms with Gasteiger partial charge in [0.1, 0.15) is 5.75 Å². The van der Waals surface area contributed by atoms with Crippen molar-refractivity contribution in [3.8, 4) is 5.75 Å². The lowest BCUT2D eigenvalue weighted by Gasteiger charge is -2.01. The minimum absolute atomic E-state index is 0.0569. The lowest BCUT2D eigenvalue weighted by molar-refractivity contribution is 0.251. The molecule has 1 rings (SSSR count). The minimum Gasteiger partial charge on any atom is -0.425 e. The SMILES string of the molecule is FN(P(F)F)[P+](F)=NP(F)Oc1ccccc1. The van der Waals surface area contributed by atoms with Gasteiger partial charge in [0.2, 0.25) is 0 Å². The minimum atomic E-state index is -4.28. The summed E-state index contributed by atoms with van der Waals surface area (Å²) in [6, 6.07) is 7.43. The summed E-state index contributed by atoms with van der Waals surface area (Å²) >= 11 is 0. The van der Waals surface area contributed by atoms with Crippen LogP contribution in [0.4, 0.5) is 21.3 Å². The maximum Gasteiger partial charge on any atom is 0.578 e.